The Morgan fingerprint density at radius 1 is 0.295 bits per heavy atom. The van der Waals surface area contributed by atoms with E-state index in [1.807, 2.05) is 0 Å². The first-order valence-electron chi connectivity index (χ1n) is 30.0. The van der Waals surface area contributed by atoms with Crippen molar-refractivity contribution in [3.05, 3.63) is 72.8 Å². The average molecular weight is 1280 g/mol. The Morgan fingerprint density at radius 2 is 0.580 bits per heavy atom. The molecule has 0 unspecified atom stereocenters. The van der Waals surface area contributed by atoms with Crippen LogP contribution in [0.2, 0.25) is 0 Å². The van der Waals surface area contributed by atoms with Gasteiger partial charge in [-0.3, -0.25) is 0 Å². The Labute approximate surface area is 532 Å². The zero-order chi connectivity index (χ0) is 60.8. The summed E-state index contributed by atoms with van der Waals surface area (Å²) >= 11 is 7.04. The van der Waals surface area contributed by atoms with E-state index in [9.17, 15) is 0 Å². The molecule has 0 saturated heterocycles. The summed E-state index contributed by atoms with van der Waals surface area (Å²) in [7, 11) is 6.67. The highest BCUT2D eigenvalue weighted by molar-refractivity contribution is 8.00. The molecule has 24 heteroatoms. The number of thioether (sulfide) groups is 4. The van der Waals surface area contributed by atoms with Gasteiger partial charge >= 0.3 is 0 Å². The van der Waals surface area contributed by atoms with Crippen molar-refractivity contribution >= 4 is 91.2 Å². The molecule has 8 bridgehead atoms. The van der Waals surface area contributed by atoms with Crippen LogP contribution in [-0.2, 0) is 56.8 Å². The highest BCUT2D eigenvalue weighted by atomic mass is 32.2. The summed E-state index contributed by atoms with van der Waals surface area (Å²) in [6.07, 6.45) is 3.35. The minimum atomic E-state index is 0.523. The van der Waals surface area contributed by atoms with Gasteiger partial charge in [-0.1, -0.05) is 48.5 Å². The van der Waals surface area contributed by atoms with Gasteiger partial charge in [0, 0.05) is 141 Å². The lowest BCUT2D eigenvalue weighted by Crippen LogP contribution is -2.09. The van der Waals surface area contributed by atoms with Crippen molar-refractivity contribution in [2.45, 2.75) is 45.3 Å². The molecule has 2 aliphatic heterocycles. The lowest BCUT2D eigenvalue weighted by molar-refractivity contribution is 0.0251. The van der Waals surface area contributed by atoms with E-state index >= 15 is 0 Å². The van der Waals surface area contributed by atoms with Gasteiger partial charge in [0.05, 0.1) is 106 Å². The van der Waals surface area contributed by atoms with Crippen LogP contribution in [0, 0.1) is 0 Å². The number of nitrogens with zero attached hydrogens (tertiary/aromatic N) is 6. The smallest absolute Gasteiger partial charge is 0.165 e. The minimum absolute atomic E-state index is 0.523. The Hall–Kier alpha value is -4.84. The zero-order valence-corrected chi connectivity index (χ0v) is 54.2. The van der Waals surface area contributed by atoms with Crippen LogP contribution >= 0.6 is 47.0 Å². The van der Waals surface area contributed by atoms with E-state index in [0.29, 0.717) is 178 Å². The second kappa shape index (κ2) is 38.1. The van der Waals surface area contributed by atoms with Crippen LogP contribution in [0.3, 0.4) is 0 Å². The van der Waals surface area contributed by atoms with Crippen LogP contribution in [0.5, 0.6) is 0 Å². The Balaban J connectivity index is 1.12. The van der Waals surface area contributed by atoms with Gasteiger partial charge < -0.3 is 66.8 Å². The van der Waals surface area contributed by atoms with Gasteiger partial charge in [0.15, 0.2) is 23.3 Å². The first-order chi connectivity index (χ1) is 43.6. The minimum Gasteiger partial charge on any atom is -0.382 e. The first-order valence-corrected chi connectivity index (χ1v) is 34.0. The molecular formula is C64H82N8O12S4. The predicted molar refractivity (Wildman–Crippen MR) is 351 cm³/mol. The van der Waals surface area contributed by atoms with E-state index in [2.05, 4.69) is 82.8 Å². The Kier molecular flexibility index (Phi) is 29.3. The third kappa shape index (κ3) is 19.6. The topological polar surface area (TPSA) is 220 Å². The molecular weight excluding hydrogens is 1200 g/mol. The molecule has 474 valence electrons. The van der Waals surface area contributed by atoms with Crippen molar-refractivity contribution in [2.75, 3.05) is 184 Å². The van der Waals surface area contributed by atoms with Gasteiger partial charge in [-0.15, -0.1) is 47.0 Å². The normalized spacial score (nSPS) is 12.0. The maximum Gasteiger partial charge on any atom is 0.165 e. The number of fused-ring (bicyclic) bond motifs is 20. The third-order valence-electron chi connectivity index (χ3n) is 13.8. The fourth-order valence-electron chi connectivity index (χ4n) is 9.57. The van der Waals surface area contributed by atoms with Crippen molar-refractivity contribution in [2.24, 2.45) is 0 Å². The van der Waals surface area contributed by atoms with Crippen molar-refractivity contribution in [3.63, 3.8) is 0 Å². The number of aromatic amines is 2. The molecule has 7 aromatic rings. The second-order valence-electron chi connectivity index (χ2n) is 20.0. The fourth-order valence-corrected chi connectivity index (χ4v) is 13.6. The number of benzene rings is 4. The summed E-state index contributed by atoms with van der Waals surface area (Å²) in [5, 5.41) is 3.69. The summed E-state index contributed by atoms with van der Waals surface area (Å²) in [5.74, 6) is 5.42. The number of hydrogen-bond donors (Lipinski definition) is 2. The summed E-state index contributed by atoms with van der Waals surface area (Å²) in [6, 6.07) is 25.3. The van der Waals surface area contributed by atoms with Crippen LogP contribution in [0.25, 0.3) is 89.7 Å². The summed E-state index contributed by atoms with van der Waals surface area (Å²) in [6.45, 7) is 11.0. The van der Waals surface area contributed by atoms with Gasteiger partial charge in [0.2, 0.25) is 0 Å². The predicted octanol–water partition coefficient (Wildman–Crippen LogP) is 11.5. The monoisotopic (exact) mass is 1280 g/mol. The van der Waals surface area contributed by atoms with E-state index in [-0.39, 0.29) is 0 Å². The van der Waals surface area contributed by atoms with E-state index in [4.69, 9.17) is 86.7 Å². The summed E-state index contributed by atoms with van der Waals surface area (Å²) in [4.78, 5) is 44.4. The first kappa shape index (κ1) is 67.6. The molecule has 20 nitrogen and oxygen atoms in total. The van der Waals surface area contributed by atoms with Gasteiger partial charge in [-0.05, 0) is 49.9 Å². The standard InChI is InChI=1S/C64H82N8O12S4/c1-73-25-29-81-37-33-77-21-9-41-85-49-17-5-13-45-53(49)61-65-57(45)70-62-55-47(15-7-19-51(55)87-43-11-23-79-35-39-83-31-27-75-3)59(67-62)72-64-56-48(16-8-20-52(56)88-44-12-24-80-36-40-84-32-28-76-4)60(68-64)71-63-54-46(58(66-63)69-61)14-6-18-50(54)86-42-10-22-78-34-38-82-30-26-74-2/h5-8,13-20H,9-12,21-44H2,1-4H3,(H2,65,66,67,68,69,70,71,72). The van der Waals surface area contributed by atoms with Crippen LogP contribution in [0.4, 0.5) is 0 Å². The lowest BCUT2D eigenvalue weighted by atomic mass is 10.1. The molecule has 0 radical (unpaired) electrons. The molecule has 0 saturated carbocycles. The lowest BCUT2D eigenvalue weighted by Gasteiger charge is -2.08. The molecule has 4 aromatic carbocycles. The van der Waals surface area contributed by atoms with E-state index in [1.165, 1.54) is 0 Å². The molecule has 0 aliphatic carbocycles. The number of H-pyrrole nitrogens is 2. The van der Waals surface area contributed by atoms with Crippen molar-refractivity contribution < 1.29 is 56.8 Å². The Morgan fingerprint density at radius 3 is 0.920 bits per heavy atom. The van der Waals surface area contributed by atoms with Crippen molar-refractivity contribution in [3.8, 4) is 45.6 Å². The summed E-state index contributed by atoms with van der Waals surface area (Å²) < 4.78 is 66.7. The van der Waals surface area contributed by atoms with Gasteiger partial charge in [-0.25, -0.2) is 29.9 Å². The molecule has 2 aliphatic rings. The van der Waals surface area contributed by atoms with Crippen molar-refractivity contribution in [1.82, 2.24) is 39.9 Å². The van der Waals surface area contributed by atoms with Crippen LogP contribution < -0.4 is 0 Å². The molecule has 2 N–H and O–H groups in total. The number of ether oxygens (including phenoxy) is 12. The molecule has 0 amide bonds. The van der Waals surface area contributed by atoms with Crippen LogP contribution in [0.15, 0.2) is 92.4 Å². The molecule has 88 heavy (non-hydrogen) atoms. The Bertz CT molecular complexity index is 3210. The molecule has 0 fully saturated rings. The fraction of sp³-hybridized carbons (Fsp3) is 0.500. The van der Waals surface area contributed by atoms with Gasteiger partial charge in [-0.2, -0.15) is 0 Å². The number of rotatable bonds is 44. The molecule has 0 spiro atoms. The molecule has 5 heterocycles. The molecule has 0 atom stereocenters. The van der Waals surface area contributed by atoms with Crippen molar-refractivity contribution in [1.29, 1.82) is 0 Å². The second-order valence-corrected chi connectivity index (χ2v) is 24.5. The average Bonchev–Trinajstić information content (AvgIpc) is 1.89. The number of methoxy groups -OCH3 is 4. The maximum atomic E-state index is 5.95. The van der Waals surface area contributed by atoms with Crippen LogP contribution in [0.1, 0.15) is 25.7 Å². The molecule has 9 rings (SSSR count). The van der Waals surface area contributed by atoms with E-state index < -0.39 is 0 Å². The highest BCUT2D eigenvalue weighted by Crippen LogP contribution is 2.45. The number of nitrogens with one attached hydrogen (secondary N) is 2. The van der Waals surface area contributed by atoms with E-state index in [1.54, 1.807) is 75.5 Å². The number of hydrogen-bond acceptors (Lipinski definition) is 22. The number of aromatic nitrogens is 8. The quantitative estimate of drug-likeness (QED) is 0.0268. The van der Waals surface area contributed by atoms with Gasteiger partial charge in [0.25, 0.3) is 0 Å². The highest BCUT2D eigenvalue weighted by Gasteiger charge is 2.27. The summed E-state index contributed by atoms with van der Waals surface area (Å²) in [5.41, 5.74) is 6.10. The zero-order valence-electron chi connectivity index (χ0n) is 50.9. The van der Waals surface area contributed by atoms with E-state index in [0.717, 1.165) is 112 Å². The maximum absolute atomic E-state index is 5.95. The SMILES string of the molecule is COCCOCCOCCCSc1cccc2c1-c1nc-2nc2[nH]c(nc3nc(nc4[nH]c(n1)c1cccc(SCCCOCCOCCOC)c41)-c1cccc(SCCCOCCOCCOC)c1-3)c1cccc(SCCCOCCOCCOC)c21. The third-order valence-corrected chi connectivity index (χ3v) is 18.3. The molecule has 3 aromatic heterocycles. The van der Waals surface area contributed by atoms with Crippen LogP contribution in [-0.4, -0.2) is 223 Å². The van der Waals surface area contributed by atoms with Gasteiger partial charge in [0.1, 0.15) is 22.6 Å². The largest absolute Gasteiger partial charge is 0.382 e.